The second-order valence-corrected chi connectivity index (χ2v) is 4.53. The number of aliphatic imine (C=N–C) groups is 1. The van der Waals surface area contributed by atoms with Crippen molar-refractivity contribution in [3.8, 4) is 0 Å². The summed E-state index contributed by atoms with van der Waals surface area (Å²) < 4.78 is 2.23. The van der Waals surface area contributed by atoms with Crippen molar-refractivity contribution in [2.75, 3.05) is 0 Å². The summed E-state index contributed by atoms with van der Waals surface area (Å²) in [5.74, 6) is 0.926. The molecular weight excluding hydrogens is 232 g/mol. The molecule has 0 aliphatic carbocycles. The highest BCUT2D eigenvalue weighted by molar-refractivity contribution is 5.80. The molecule has 0 bridgehead atoms. The van der Waals surface area contributed by atoms with Crippen molar-refractivity contribution in [1.29, 1.82) is 0 Å². The Kier molecular flexibility index (Phi) is 5.56. The third-order valence-corrected chi connectivity index (χ3v) is 3.34. The van der Waals surface area contributed by atoms with Crippen LogP contribution in [0.1, 0.15) is 57.0 Å². The normalized spacial score (nSPS) is 13.3. The zero-order valence-corrected chi connectivity index (χ0v) is 12.5. The maximum atomic E-state index is 4.25. The van der Waals surface area contributed by atoms with Gasteiger partial charge in [-0.3, -0.25) is 0 Å². The number of aromatic nitrogens is 1. The van der Waals surface area contributed by atoms with E-state index in [1.54, 1.807) is 0 Å². The predicted molar refractivity (Wildman–Crippen MR) is 88.2 cm³/mol. The van der Waals surface area contributed by atoms with Crippen LogP contribution >= 0.6 is 0 Å². The van der Waals surface area contributed by atoms with Crippen LogP contribution in [-0.2, 0) is 0 Å². The van der Waals surface area contributed by atoms with E-state index in [0.29, 0.717) is 6.04 Å². The number of hydrogen-bond acceptors (Lipinski definition) is 1. The van der Waals surface area contributed by atoms with Crippen molar-refractivity contribution in [3.63, 3.8) is 0 Å². The Bertz CT molecular complexity index is 474. The van der Waals surface area contributed by atoms with Gasteiger partial charge in [0.05, 0.1) is 5.69 Å². The van der Waals surface area contributed by atoms with Crippen LogP contribution in [0.5, 0.6) is 0 Å². The van der Waals surface area contributed by atoms with Gasteiger partial charge in [-0.2, -0.15) is 0 Å². The van der Waals surface area contributed by atoms with E-state index in [4.69, 9.17) is 0 Å². The van der Waals surface area contributed by atoms with Crippen molar-refractivity contribution in [3.05, 3.63) is 35.6 Å². The van der Waals surface area contributed by atoms with Crippen LogP contribution in [0.2, 0.25) is 0 Å². The smallest absolute Gasteiger partial charge is 0.140 e. The predicted octanol–water partition coefficient (Wildman–Crippen LogP) is 5.50. The molecule has 0 aliphatic rings. The zero-order valence-electron chi connectivity index (χ0n) is 12.5. The number of hydrogen-bond donors (Lipinski definition) is 0. The molecule has 1 aromatic heterocycles. The standard InChI is InChI=1S/C17H24N2/c1-7-11-14-15(12-8-2)17(18-6)19(13(5)9-3)16(14)10-4/h7-8,10-13H,4,6,9H2,1-3,5H3/b11-7-,12-8-. The highest BCUT2D eigenvalue weighted by Gasteiger charge is 2.19. The van der Waals surface area contributed by atoms with Gasteiger partial charge in [0.1, 0.15) is 5.82 Å². The van der Waals surface area contributed by atoms with Crippen molar-refractivity contribution in [2.45, 2.75) is 40.2 Å². The molecular formula is C17H24N2. The molecule has 1 aromatic rings. The molecule has 1 rings (SSSR count). The molecule has 0 saturated carbocycles. The van der Waals surface area contributed by atoms with Crippen molar-refractivity contribution in [1.82, 2.24) is 4.57 Å². The molecule has 1 unspecified atom stereocenters. The van der Waals surface area contributed by atoms with Gasteiger partial charge >= 0.3 is 0 Å². The fourth-order valence-electron chi connectivity index (χ4n) is 2.30. The van der Waals surface area contributed by atoms with Crippen LogP contribution < -0.4 is 0 Å². The van der Waals surface area contributed by atoms with Gasteiger partial charge in [0.15, 0.2) is 0 Å². The lowest BCUT2D eigenvalue weighted by atomic mass is 10.1. The average Bonchev–Trinajstić information content (AvgIpc) is 2.72. The van der Waals surface area contributed by atoms with E-state index in [0.717, 1.165) is 23.5 Å². The molecule has 19 heavy (non-hydrogen) atoms. The monoisotopic (exact) mass is 256 g/mol. The number of rotatable bonds is 6. The van der Waals surface area contributed by atoms with E-state index in [2.05, 4.69) is 48.9 Å². The summed E-state index contributed by atoms with van der Waals surface area (Å²) in [6.45, 7) is 16.1. The van der Waals surface area contributed by atoms with Crippen molar-refractivity contribution in [2.24, 2.45) is 4.99 Å². The first kappa shape index (κ1) is 15.2. The van der Waals surface area contributed by atoms with Crippen LogP contribution in [0.25, 0.3) is 18.2 Å². The third-order valence-electron chi connectivity index (χ3n) is 3.34. The highest BCUT2D eigenvalue weighted by Crippen LogP contribution is 2.36. The topological polar surface area (TPSA) is 17.3 Å². The van der Waals surface area contributed by atoms with Gasteiger partial charge in [-0.15, -0.1) is 0 Å². The first-order valence-corrected chi connectivity index (χ1v) is 6.78. The minimum atomic E-state index is 0.372. The minimum Gasteiger partial charge on any atom is -0.323 e. The SMILES string of the molecule is C=Cc1c(/C=C\C)c(/C=C\C)c(N=C)n1C(C)CC. The van der Waals surface area contributed by atoms with E-state index in [9.17, 15) is 0 Å². The Morgan fingerprint density at radius 3 is 2.21 bits per heavy atom. The molecule has 0 saturated heterocycles. The Labute approximate surface area is 116 Å². The minimum absolute atomic E-state index is 0.372. The molecule has 2 nitrogen and oxygen atoms in total. The summed E-state index contributed by atoms with van der Waals surface area (Å²) in [6, 6.07) is 0.372. The van der Waals surface area contributed by atoms with Gasteiger partial charge < -0.3 is 4.57 Å². The lowest BCUT2D eigenvalue weighted by molar-refractivity contribution is 0.533. The summed E-state index contributed by atoms with van der Waals surface area (Å²) in [7, 11) is 0. The number of nitrogens with zero attached hydrogens (tertiary/aromatic N) is 2. The van der Waals surface area contributed by atoms with Crippen LogP contribution in [0.4, 0.5) is 5.82 Å². The molecule has 0 fully saturated rings. The molecule has 0 N–H and O–H groups in total. The van der Waals surface area contributed by atoms with Gasteiger partial charge in [-0.25, -0.2) is 4.99 Å². The summed E-state index contributed by atoms with van der Waals surface area (Å²) in [5.41, 5.74) is 3.40. The Morgan fingerprint density at radius 1 is 1.21 bits per heavy atom. The summed E-state index contributed by atoms with van der Waals surface area (Å²) in [6.07, 6.45) is 11.2. The molecule has 1 atom stereocenters. The molecule has 0 radical (unpaired) electrons. The van der Waals surface area contributed by atoms with Crippen LogP contribution in [-0.4, -0.2) is 11.3 Å². The first-order chi connectivity index (χ1) is 9.15. The largest absolute Gasteiger partial charge is 0.323 e. The van der Waals surface area contributed by atoms with E-state index in [1.165, 1.54) is 5.56 Å². The lowest BCUT2D eigenvalue weighted by Gasteiger charge is -2.16. The van der Waals surface area contributed by atoms with Crippen molar-refractivity contribution < 1.29 is 0 Å². The Hall–Kier alpha value is -1.83. The molecule has 0 aliphatic heterocycles. The maximum absolute atomic E-state index is 4.25. The lowest BCUT2D eigenvalue weighted by Crippen LogP contribution is -2.05. The third kappa shape index (κ3) is 2.78. The molecule has 1 heterocycles. The molecule has 0 spiro atoms. The average molecular weight is 256 g/mol. The van der Waals surface area contributed by atoms with Gasteiger partial charge in [0.25, 0.3) is 0 Å². The number of allylic oxidation sites excluding steroid dienone is 2. The molecule has 0 amide bonds. The Morgan fingerprint density at radius 2 is 1.79 bits per heavy atom. The first-order valence-electron chi connectivity index (χ1n) is 6.78. The fraction of sp³-hybridized carbons (Fsp3) is 0.353. The second kappa shape index (κ2) is 6.93. The van der Waals surface area contributed by atoms with Gasteiger partial charge in [-0.05, 0) is 40.0 Å². The highest BCUT2D eigenvalue weighted by atomic mass is 15.1. The van der Waals surface area contributed by atoms with Crippen LogP contribution in [0.15, 0.2) is 23.7 Å². The zero-order chi connectivity index (χ0) is 14.4. The summed E-state index contributed by atoms with van der Waals surface area (Å²) in [4.78, 5) is 4.25. The van der Waals surface area contributed by atoms with E-state index >= 15 is 0 Å². The van der Waals surface area contributed by atoms with Crippen LogP contribution in [0, 0.1) is 0 Å². The maximum Gasteiger partial charge on any atom is 0.140 e. The van der Waals surface area contributed by atoms with Crippen molar-refractivity contribution >= 4 is 30.8 Å². The van der Waals surface area contributed by atoms with Gasteiger partial charge in [0.2, 0.25) is 0 Å². The van der Waals surface area contributed by atoms with E-state index < -0.39 is 0 Å². The molecule has 102 valence electrons. The molecule has 0 aromatic carbocycles. The van der Waals surface area contributed by atoms with E-state index in [1.807, 2.05) is 32.1 Å². The Balaban J connectivity index is 3.75. The second-order valence-electron chi connectivity index (χ2n) is 4.53. The van der Waals surface area contributed by atoms with Gasteiger partial charge in [0, 0.05) is 17.2 Å². The quantitative estimate of drug-likeness (QED) is 0.598. The summed E-state index contributed by atoms with van der Waals surface area (Å²) >= 11 is 0. The molecule has 2 heteroatoms. The summed E-state index contributed by atoms with van der Waals surface area (Å²) in [5, 5.41) is 0. The van der Waals surface area contributed by atoms with E-state index in [-0.39, 0.29) is 0 Å². The van der Waals surface area contributed by atoms with Crippen LogP contribution in [0.3, 0.4) is 0 Å². The van der Waals surface area contributed by atoms with Gasteiger partial charge in [-0.1, -0.05) is 37.8 Å². The fourth-order valence-corrected chi connectivity index (χ4v) is 2.30.